The summed E-state index contributed by atoms with van der Waals surface area (Å²) in [6.45, 7) is 7.71. The van der Waals surface area contributed by atoms with Crippen molar-refractivity contribution < 1.29 is 14.3 Å². The summed E-state index contributed by atoms with van der Waals surface area (Å²) in [5.41, 5.74) is 3.70. The van der Waals surface area contributed by atoms with Gasteiger partial charge in [-0.1, -0.05) is 38.1 Å². The quantitative estimate of drug-likeness (QED) is 0.691. The number of carbonyl (C=O) groups is 2. The first-order valence-corrected chi connectivity index (χ1v) is 11.6. The lowest BCUT2D eigenvalue weighted by molar-refractivity contribution is -0.123. The Labute approximate surface area is 190 Å². The summed E-state index contributed by atoms with van der Waals surface area (Å²) in [5, 5.41) is 3.06. The molecule has 2 amide bonds. The summed E-state index contributed by atoms with van der Waals surface area (Å²) in [6, 6.07) is 16.3. The molecule has 0 bridgehead atoms. The van der Waals surface area contributed by atoms with Crippen LogP contribution in [-0.2, 0) is 22.6 Å². The standard InChI is InChI=1S/C26H33N3O3/c1-19(2)24(28-15-13-20-6-3-4-7-21(20)17-28)16-27-25(30)18-32-23-11-9-22(10-12-23)29-14-5-8-26(29)31/h3-4,6-7,9-12,19,24H,5,8,13-18H2,1-2H3,(H,27,30)/t24-/m1/s1. The van der Waals surface area contributed by atoms with E-state index in [9.17, 15) is 9.59 Å². The van der Waals surface area contributed by atoms with E-state index < -0.39 is 0 Å². The second-order valence-electron chi connectivity index (χ2n) is 9.04. The number of nitrogens with one attached hydrogen (secondary N) is 1. The summed E-state index contributed by atoms with van der Waals surface area (Å²) in [6.07, 6.45) is 2.56. The summed E-state index contributed by atoms with van der Waals surface area (Å²) >= 11 is 0. The molecule has 0 spiro atoms. The van der Waals surface area contributed by atoms with Gasteiger partial charge in [-0.3, -0.25) is 14.5 Å². The fraction of sp³-hybridized carbons (Fsp3) is 0.462. The smallest absolute Gasteiger partial charge is 0.257 e. The van der Waals surface area contributed by atoms with Crippen LogP contribution in [0.1, 0.15) is 37.8 Å². The average molecular weight is 436 g/mol. The Morgan fingerprint density at radius 2 is 1.78 bits per heavy atom. The molecule has 1 saturated heterocycles. The maximum Gasteiger partial charge on any atom is 0.257 e. The number of hydrogen-bond acceptors (Lipinski definition) is 4. The molecule has 32 heavy (non-hydrogen) atoms. The zero-order valence-corrected chi connectivity index (χ0v) is 19.0. The van der Waals surface area contributed by atoms with Crippen molar-refractivity contribution in [2.24, 2.45) is 5.92 Å². The molecule has 2 heterocycles. The molecule has 0 aliphatic carbocycles. The SMILES string of the molecule is CC(C)[C@@H](CNC(=O)COc1ccc(N2CCCC2=O)cc1)N1CCc2ccccc2C1. The highest BCUT2D eigenvalue weighted by atomic mass is 16.5. The topological polar surface area (TPSA) is 61.9 Å². The zero-order valence-electron chi connectivity index (χ0n) is 19.0. The van der Waals surface area contributed by atoms with E-state index in [2.05, 4.69) is 48.3 Å². The van der Waals surface area contributed by atoms with Crippen LogP contribution in [0.4, 0.5) is 5.69 Å². The first kappa shape index (κ1) is 22.3. The minimum atomic E-state index is -0.119. The first-order valence-electron chi connectivity index (χ1n) is 11.6. The molecule has 1 fully saturated rings. The lowest BCUT2D eigenvalue weighted by Crippen LogP contribution is -2.49. The van der Waals surface area contributed by atoms with Crippen molar-refractivity contribution in [1.82, 2.24) is 10.2 Å². The van der Waals surface area contributed by atoms with Crippen LogP contribution in [0.5, 0.6) is 5.75 Å². The number of hydrogen-bond donors (Lipinski definition) is 1. The maximum absolute atomic E-state index is 12.4. The van der Waals surface area contributed by atoms with Gasteiger partial charge in [0, 0.05) is 44.3 Å². The summed E-state index contributed by atoms with van der Waals surface area (Å²) in [5.74, 6) is 1.10. The number of anilines is 1. The van der Waals surface area contributed by atoms with Crippen LogP contribution >= 0.6 is 0 Å². The zero-order chi connectivity index (χ0) is 22.5. The number of carbonyl (C=O) groups excluding carboxylic acids is 2. The van der Waals surface area contributed by atoms with E-state index >= 15 is 0 Å². The Bertz CT molecular complexity index is 942. The molecule has 2 aliphatic heterocycles. The minimum Gasteiger partial charge on any atom is -0.484 e. The monoisotopic (exact) mass is 435 g/mol. The van der Waals surface area contributed by atoms with Crippen LogP contribution in [0.3, 0.4) is 0 Å². The third kappa shape index (κ3) is 5.30. The fourth-order valence-electron chi connectivity index (χ4n) is 4.65. The van der Waals surface area contributed by atoms with Crippen molar-refractivity contribution in [3.63, 3.8) is 0 Å². The van der Waals surface area contributed by atoms with Crippen LogP contribution in [-0.4, -0.2) is 49.0 Å². The Hall–Kier alpha value is -2.86. The second-order valence-corrected chi connectivity index (χ2v) is 9.04. The number of rotatable bonds is 8. The lowest BCUT2D eigenvalue weighted by atomic mass is 9.95. The summed E-state index contributed by atoms with van der Waals surface area (Å²) < 4.78 is 5.67. The molecular formula is C26H33N3O3. The van der Waals surface area contributed by atoms with E-state index in [1.54, 1.807) is 4.90 Å². The van der Waals surface area contributed by atoms with E-state index in [1.807, 2.05) is 24.3 Å². The van der Waals surface area contributed by atoms with Gasteiger partial charge in [0.05, 0.1) is 0 Å². The number of fused-ring (bicyclic) bond motifs is 1. The van der Waals surface area contributed by atoms with Crippen molar-refractivity contribution in [1.29, 1.82) is 0 Å². The van der Waals surface area contributed by atoms with Crippen LogP contribution in [0, 0.1) is 5.92 Å². The molecule has 0 unspecified atom stereocenters. The van der Waals surface area contributed by atoms with Crippen molar-refractivity contribution in [2.45, 2.75) is 45.7 Å². The van der Waals surface area contributed by atoms with E-state index in [1.165, 1.54) is 11.1 Å². The van der Waals surface area contributed by atoms with Gasteiger partial charge >= 0.3 is 0 Å². The molecule has 0 radical (unpaired) electrons. The normalized spacial score (nSPS) is 17.3. The van der Waals surface area contributed by atoms with E-state index in [0.29, 0.717) is 24.6 Å². The molecule has 6 nitrogen and oxygen atoms in total. The van der Waals surface area contributed by atoms with Crippen LogP contribution in [0.15, 0.2) is 48.5 Å². The molecule has 1 N–H and O–H groups in total. The predicted octanol–water partition coefficient (Wildman–Crippen LogP) is 3.39. The van der Waals surface area contributed by atoms with Crippen molar-refractivity contribution in [3.8, 4) is 5.75 Å². The number of amides is 2. The molecule has 2 aromatic rings. The largest absolute Gasteiger partial charge is 0.484 e. The second kappa shape index (κ2) is 10.2. The minimum absolute atomic E-state index is 0.0182. The van der Waals surface area contributed by atoms with Gasteiger partial charge in [-0.05, 0) is 54.2 Å². The molecule has 0 aromatic heterocycles. The van der Waals surface area contributed by atoms with Gasteiger partial charge in [-0.25, -0.2) is 0 Å². The first-order chi connectivity index (χ1) is 15.5. The highest BCUT2D eigenvalue weighted by Crippen LogP contribution is 2.24. The highest BCUT2D eigenvalue weighted by Gasteiger charge is 2.26. The molecule has 6 heteroatoms. The van der Waals surface area contributed by atoms with Gasteiger partial charge in [0.2, 0.25) is 5.91 Å². The summed E-state index contributed by atoms with van der Waals surface area (Å²) in [7, 11) is 0. The van der Waals surface area contributed by atoms with Gasteiger partial charge in [0.1, 0.15) is 5.75 Å². The van der Waals surface area contributed by atoms with Crippen LogP contribution in [0.25, 0.3) is 0 Å². The highest BCUT2D eigenvalue weighted by molar-refractivity contribution is 5.95. The fourth-order valence-corrected chi connectivity index (χ4v) is 4.65. The summed E-state index contributed by atoms with van der Waals surface area (Å²) in [4.78, 5) is 28.6. The third-order valence-corrected chi connectivity index (χ3v) is 6.50. The number of ether oxygens (including phenoxy) is 1. The molecule has 2 aromatic carbocycles. The molecule has 2 aliphatic rings. The Balaban J connectivity index is 1.26. The van der Waals surface area contributed by atoms with Gasteiger partial charge < -0.3 is 15.0 Å². The Morgan fingerprint density at radius 1 is 1.03 bits per heavy atom. The lowest BCUT2D eigenvalue weighted by Gasteiger charge is -2.38. The van der Waals surface area contributed by atoms with Crippen molar-refractivity contribution >= 4 is 17.5 Å². The number of nitrogens with zero attached hydrogens (tertiary/aromatic N) is 2. The van der Waals surface area contributed by atoms with Gasteiger partial charge in [-0.15, -0.1) is 0 Å². The molecular weight excluding hydrogens is 402 g/mol. The van der Waals surface area contributed by atoms with Gasteiger partial charge in [0.15, 0.2) is 6.61 Å². The van der Waals surface area contributed by atoms with Crippen molar-refractivity contribution in [3.05, 3.63) is 59.7 Å². The predicted molar refractivity (Wildman–Crippen MR) is 126 cm³/mol. The Morgan fingerprint density at radius 3 is 2.47 bits per heavy atom. The number of benzene rings is 2. The van der Waals surface area contributed by atoms with Gasteiger partial charge in [0.25, 0.3) is 5.91 Å². The van der Waals surface area contributed by atoms with E-state index in [4.69, 9.17) is 4.74 Å². The maximum atomic E-state index is 12.4. The van der Waals surface area contributed by atoms with Crippen molar-refractivity contribution in [2.75, 3.05) is 31.1 Å². The molecule has 170 valence electrons. The molecule has 0 saturated carbocycles. The Kier molecular flexibility index (Phi) is 7.10. The van der Waals surface area contributed by atoms with Gasteiger partial charge in [-0.2, -0.15) is 0 Å². The van der Waals surface area contributed by atoms with Crippen LogP contribution < -0.4 is 15.0 Å². The average Bonchev–Trinajstić information content (AvgIpc) is 3.23. The molecule has 4 rings (SSSR count). The third-order valence-electron chi connectivity index (χ3n) is 6.50. The van der Waals surface area contributed by atoms with Crippen LogP contribution in [0.2, 0.25) is 0 Å². The van der Waals surface area contributed by atoms with E-state index in [0.717, 1.165) is 38.2 Å². The van der Waals surface area contributed by atoms with E-state index in [-0.39, 0.29) is 24.5 Å². The molecule has 1 atom stereocenters.